The van der Waals surface area contributed by atoms with Crippen molar-refractivity contribution in [3.8, 4) is 0 Å². The lowest BCUT2D eigenvalue weighted by molar-refractivity contribution is -0.117. The van der Waals surface area contributed by atoms with Crippen LogP contribution in [-0.4, -0.2) is 32.6 Å². The maximum Gasteiger partial charge on any atom is 0.229 e. The monoisotopic (exact) mass is 253 g/mol. The van der Waals surface area contributed by atoms with Crippen molar-refractivity contribution < 1.29 is 9.59 Å². The van der Waals surface area contributed by atoms with Gasteiger partial charge in [-0.05, 0) is 6.92 Å². The standard InChI is InChI=1S/C11H15N3O2S/c1-7-4-10(13(3)12-7)14-6-9(5-11(14)16)17-8(2)15/h4,9H,5-6H2,1-3H3. The third kappa shape index (κ3) is 2.52. The summed E-state index contributed by atoms with van der Waals surface area (Å²) >= 11 is 1.25. The number of aromatic nitrogens is 2. The molecular formula is C11H15N3O2S. The van der Waals surface area contributed by atoms with Crippen molar-refractivity contribution in [2.24, 2.45) is 7.05 Å². The number of anilines is 1. The first-order chi connectivity index (χ1) is 7.97. The van der Waals surface area contributed by atoms with Gasteiger partial charge in [-0.2, -0.15) is 5.10 Å². The summed E-state index contributed by atoms with van der Waals surface area (Å²) < 4.78 is 1.70. The Morgan fingerprint density at radius 1 is 1.59 bits per heavy atom. The van der Waals surface area contributed by atoms with Gasteiger partial charge in [0.1, 0.15) is 5.82 Å². The second-order valence-electron chi connectivity index (χ2n) is 4.21. The zero-order valence-electron chi connectivity index (χ0n) is 10.1. The molecule has 5 nitrogen and oxygen atoms in total. The summed E-state index contributed by atoms with van der Waals surface area (Å²) in [4.78, 5) is 24.6. The van der Waals surface area contributed by atoms with Crippen LogP contribution in [0.1, 0.15) is 19.0 Å². The summed E-state index contributed by atoms with van der Waals surface area (Å²) in [6, 6.07) is 1.89. The number of rotatable bonds is 2. The van der Waals surface area contributed by atoms with Crippen molar-refractivity contribution in [3.05, 3.63) is 11.8 Å². The number of amides is 1. The third-order valence-corrected chi connectivity index (χ3v) is 3.66. The summed E-state index contributed by atoms with van der Waals surface area (Å²) in [5.74, 6) is 0.867. The summed E-state index contributed by atoms with van der Waals surface area (Å²) in [6.07, 6.45) is 0.425. The van der Waals surface area contributed by atoms with E-state index in [0.717, 1.165) is 11.5 Å². The second-order valence-corrected chi connectivity index (χ2v) is 5.68. The first-order valence-electron chi connectivity index (χ1n) is 5.45. The van der Waals surface area contributed by atoms with E-state index in [0.29, 0.717) is 13.0 Å². The van der Waals surface area contributed by atoms with Crippen molar-refractivity contribution in [2.75, 3.05) is 11.4 Å². The summed E-state index contributed by atoms with van der Waals surface area (Å²) in [5.41, 5.74) is 0.887. The lowest BCUT2D eigenvalue weighted by atomic mass is 10.4. The van der Waals surface area contributed by atoms with Crippen molar-refractivity contribution in [2.45, 2.75) is 25.5 Å². The number of thioether (sulfide) groups is 1. The van der Waals surface area contributed by atoms with E-state index in [1.165, 1.54) is 18.7 Å². The van der Waals surface area contributed by atoms with E-state index >= 15 is 0 Å². The van der Waals surface area contributed by atoms with E-state index in [-0.39, 0.29) is 16.3 Å². The van der Waals surface area contributed by atoms with Crippen molar-refractivity contribution in [1.29, 1.82) is 0 Å². The van der Waals surface area contributed by atoms with Crippen molar-refractivity contribution in [1.82, 2.24) is 9.78 Å². The molecule has 0 spiro atoms. The smallest absolute Gasteiger partial charge is 0.229 e. The van der Waals surface area contributed by atoms with Gasteiger partial charge in [-0.25, -0.2) is 0 Å². The summed E-state index contributed by atoms with van der Waals surface area (Å²) in [6.45, 7) is 4.01. The summed E-state index contributed by atoms with van der Waals surface area (Å²) in [7, 11) is 1.82. The first-order valence-corrected chi connectivity index (χ1v) is 6.33. The zero-order valence-corrected chi connectivity index (χ0v) is 11.0. The minimum Gasteiger partial charge on any atom is -0.296 e. The Kier molecular flexibility index (Phi) is 3.24. The maximum atomic E-state index is 11.9. The summed E-state index contributed by atoms with van der Waals surface area (Å²) in [5, 5.41) is 4.35. The number of hydrogen-bond donors (Lipinski definition) is 0. The molecule has 0 aromatic carbocycles. The number of aryl methyl sites for hydroxylation is 2. The third-order valence-electron chi connectivity index (χ3n) is 2.68. The predicted molar refractivity (Wildman–Crippen MR) is 67.0 cm³/mol. The van der Waals surface area contributed by atoms with Gasteiger partial charge in [0.05, 0.1) is 5.69 Å². The minimum atomic E-state index is 0.0610. The molecule has 1 unspecified atom stereocenters. The van der Waals surface area contributed by atoms with Crippen molar-refractivity contribution in [3.63, 3.8) is 0 Å². The molecule has 1 atom stereocenters. The van der Waals surface area contributed by atoms with E-state index in [9.17, 15) is 9.59 Å². The molecule has 1 aromatic heterocycles. The number of hydrogen-bond acceptors (Lipinski definition) is 4. The molecule has 0 saturated carbocycles. The highest BCUT2D eigenvalue weighted by molar-refractivity contribution is 8.14. The van der Waals surface area contributed by atoms with Crippen LogP contribution in [0, 0.1) is 6.92 Å². The Bertz CT molecular complexity index is 469. The topological polar surface area (TPSA) is 55.2 Å². The molecule has 2 rings (SSSR count). The van der Waals surface area contributed by atoms with Crippen LogP contribution in [0.3, 0.4) is 0 Å². The molecule has 0 bridgehead atoms. The van der Waals surface area contributed by atoms with Crippen LogP contribution < -0.4 is 4.90 Å². The molecule has 1 amide bonds. The van der Waals surface area contributed by atoms with Crippen LogP contribution in [0.4, 0.5) is 5.82 Å². The van der Waals surface area contributed by atoms with Crippen LogP contribution >= 0.6 is 11.8 Å². The van der Waals surface area contributed by atoms with Gasteiger partial charge in [0, 0.05) is 38.3 Å². The van der Waals surface area contributed by atoms with Crippen LogP contribution in [0.5, 0.6) is 0 Å². The predicted octanol–water partition coefficient (Wildman–Crippen LogP) is 1.11. The molecule has 6 heteroatoms. The molecule has 1 fully saturated rings. The molecule has 1 saturated heterocycles. The molecule has 0 N–H and O–H groups in total. The number of carbonyl (C=O) groups is 2. The fourth-order valence-corrected chi connectivity index (χ4v) is 2.98. The highest BCUT2D eigenvalue weighted by Gasteiger charge is 2.33. The molecular weight excluding hydrogens is 238 g/mol. The molecule has 1 aliphatic heterocycles. The zero-order chi connectivity index (χ0) is 12.6. The Labute approximate surface area is 104 Å². The van der Waals surface area contributed by atoms with E-state index in [4.69, 9.17) is 0 Å². The van der Waals surface area contributed by atoms with E-state index in [1.54, 1.807) is 9.58 Å². The number of nitrogens with zero attached hydrogens (tertiary/aromatic N) is 3. The quantitative estimate of drug-likeness (QED) is 0.792. The largest absolute Gasteiger partial charge is 0.296 e. The highest BCUT2D eigenvalue weighted by atomic mass is 32.2. The Morgan fingerprint density at radius 2 is 2.29 bits per heavy atom. The van der Waals surface area contributed by atoms with Gasteiger partial charge in [0.15, 0.2) is 5.12 Å². The lowest BCUT2D eigenvalue weighted by Crippen LogP contribution is -2.27. The van der Waals surface area contributed by atoms with Crippen LogP contribution in [0.25, 0.3) is 0 Å². The Morgan fingerprint density at radius 3 is 2.82 bits per heavy atom. The molecule has 2 heterocycles. The van der Waals surface area contributed by atoms with E-state index in [2.05, 4.69) is 5.10 Å². The van der Waals surface area contributed by atoms with Gasteiger partial charge in [-0.1, -0.05) is 11.8 Å². The lowest BCUT2D eigenvalue weighted by Gasteiger charge is -2.15. The van der Waals surface area contributed by atoms with Crippen LogP contribution in [0.15, 0.2) is 6.07 Å². The normalized spacial score (nSPS) is 20.1. The van der Waals surface area contributed by atoms with Gasteiger partial charge in [0.25, 0.3) is 0 Å². The fraction of sp³-hybridized carbons (Fsp3) is 0.545. The minimum absolute atomic E-state index is 0.0610. The van der Waals surface area contributed by atoms with Crippen LogP contribution in [-0.2, 0) is 16.6 Å². The molecule has 92 valence electrons. The van der Waals surface area contributed by atoms with Crippen molar-refractivity contribution >= 4 is 28.6 Å². The first kappa shape index (κ1) is 12.2. The van der Waals surface area contributed by atoms with Gasteiger partial charge in [-0.15, -0.1) is 0 Å². The molecule has 0 radical (unpaired) electrons. The van der Waals surface area contributed by atoms with Crippen LogP contribution in [0.2, 0.25) is 0 Å². The average Bonchev–Trinajstić information content (AvgIpc) is 2.69. The SMILES string of the molecule is CC(=O)SC1CC(=O)N(c2cc(C)nn2C)C1. The molecule has 1 aliphatic rings. The van der Waals surface area contributed by atoms with Gasteiger partial charge < -0.3 is 0 Å². The molecule has 1 aromatic rings. The van der Waals surface area contributed by atoms with Gasteiger partial charge >= 0.3 is 0 Å². The maximum absolute atomic E-state index is 11.9. The fourth-order valence-electron chi connectivity index (χ4n) is 2.06. The number of carbonyl (C=O) groups excluding carboxylic acids is 2. The molecule has 17 heavy (non-hydrogen) atoms. The van der Waals surface area contributed by atoms with E-state index in [1.807, 2.05) is 20.0 Å². The van der Waals surface area contributed by atoms with Gasteiger partial charge in [-0.3, -0.25) is 19.2 Å². The molecule has 0 aliphatic carbocycles. The highest BCUT2D eigenvalue weighted by Crippen LogP contribution is 2.28. The second kappa shape index (κ2) is 4.52. The average molecular weight is 253 g/mol. The van der Waals surface area contributed by atoms with Gasteiger partial charge in [0.2, 0.25) is 5.91 Å². The Balaban J connectivity index is 2.15. The Hall–Kier alpha value is -1.30. The van der Waals surface area contributed by atoms with E-state index < -0.39 is 0 Å².